The maximum Gasteiger partial charge on any atom is 0.503 e. The molecule has 4 heteroatoms. The van der Waals surface area contributed by atoms with E-state index in [-0.39, 0.29) is 27.3 Å². The van der Waals surface area contributed by atoms with E-state index in [0.717, 1.165) is 0 Å². The normalized spacial score (nSPS) is 4.80. The summed E-state index contributed by atoms with van der Waals surface area (Å²) in [6.45, 7) is 0. The van der Waals surface area contributed by atoms with Gasteiger partial charge in [-0.3, -0.25) is 0 Å². The average molecular weight is 266 g/mol. The van der Waals surface area contributed by atoms with Crippen LogP contribution in [0, 0.1) is 0 Å². The van der Waals surface area contributed by atoms with Crippen LogP contribution in [0.25, 0.3) is 0 Å². The number of rotatable bonds is 0. The van der Waals surface area contributed by atoms with E-state index in [1.807, 2.05) is 0 Å². The summed E-state index contributed by atoms with van der Waals surface area (Å²) in [4.78, 5) is 8.56. The van der Waals surface area contributed by atoms with Gasteiger partial charge in [-0.2, -0.15) is 0 Å². The second-order valence-corrected chi connectivity index (χ2v) is 0.283. The Morgan fingerprint density at radius 3 is 1.40 bits per heavy atom. The molecule has 27 valence electrons. The Hall–Kier alpha value is 0.192. The van der Waals surface area contributed by atoms with Gasteiger partial charge in [0, 0.05) is 27.3 Å². The predicted molar refractivity (Wildman–Crippen MR) is 16.4 cm³/mol. The maximum absolute atomic E-state index is 8.56. The molecule has 1 radical (unpaired) electrons. The summed E-state index contributed by atoms with van der Waals surface area (Å²) >= 11 is 0. The zero-order valence-corrected chi connectivity index (χ0v) is 6.87. The summed E-state index contributed by atoms with van der Waals surface area (Å²) in [6, 6.07) is 0. The molecular weight excluding hydrogens is 264 g/mol. The van der Waals surface area contributed by atoms with Crippen molar-refractivity contribution in [1.29, 1.82) is 0 Å². The van der Waals surface area contributed by atoms with Crippen molar-refractivity contribution in [3.05, 3.63) is 0 Å². The van der Waals surface area contributed by atoms with Gasteiger partial charge in [0.25, 0.3) is 0 Å². The van der Waals surface area contributed by atoms with Gasteiger partial charge in [0.1, 0.15) is 0 Å². The molecule has 0 spiro atoms. The second kappa shape index (κ2) is 4.19. The van der Waals surface area contributed by atoms with Gasteiger partial charge in [-0.1, -0.05) is 0 Å². The van der Waals surface area contributed by atoms with Gasteiger partial charge in [0.2, 0.25) is 0 Å². The van der Waals surface area contributed by atoms with Gasteiger partial charge >= 0.3 is 6.16 Å². The molecule has 0 unspecified atom stereocenters. The topological polar surface area (TPSA) is 57.5 Å². The minimum Gasteiger partial charge on any atom is -0.450 e. The van der Waals surface area contributed by atoms with Crippen molar-refractivity contribution in [2.75, 3.05) is 0 Å². The first-order chi connectivity index (χ1) is 1.73. The molecule has 0 rings (SSSR count). The van der Waals surface area contributed by atoms with Crippen molar-refractivity contribution in [3.63, 3.8) is 0 Å². The molecule has 0 amide bonds. The fourth-order valence-corrected chi connectivity index (χ4v) is 0. The Morgan fingerprint density at radius 1 is 1.40 bits per heavy atom. The van der Waals surface area contributed by atoms with Gasteiger partial charge in [-0.15, -0.1) is 0 Å². The fraction of sp³-hybridized carbons (Fsp3) is 0. The van der Waals surface area contributed by atoms with E-state index in [0.29, 0.717) is 0 Å². The monoisotopic (exact) mass is 267 g/mol. The van der Waals surface area contributed by atoms with Crippen LogP contribution in [-0.2, 0) is 0 Å². The van der Waals surface area contributed by atoms with E-state index in [1.54, 1.807) is 0 Å². The zero-order chi connectivity index (χ0) is 3.58. The molecule has 0 aliphatic carbocycles. The van der Waals surface area contributed by atoms with Crippen LogP contribution in [0.2, 0.25) is 0 Å². The van der Waals surface area contributed by atoms with Gasteiger partial charge < -0.3 is 10.2 Å². The molecule has 0 saturated carbocycles. The van der Waals surface area contributed by atoms with Gasteiger partial charge in [0.15, 0.2) is 0 Å². The van der Waals surface area contributed by atoms with Crippen molar-refractivity contribution in [2.24, 2.45) is 0 Å². The fourth-order valence-electron chi connectivity index (χ4n) is 0. The van der Waals surface area contributed by atoms with Crippen LogP contribution in [-0.4, -0.2) is 43.7 Å². The van der Waals surface area contributed by atoms with Crippen molar-refractivity contribution < 1.29 is 15.0 Å². The van der Waals surface area contributed by atoms with Crippen LogP contribution in [0.15, 0.2) is 0 Å². The van der Waals surface area contributed by atoms with Crippen LogP contribution in [0.4, 0.5) is 4.79 Å². The van der Waals surface area contributed by atoms with E-state index < -0.39 is 6.16 Å². The number of carboxylic acid groups (broad SMARTS) is 2. The number of hydrogen-bond acceptors (Lipinski definition) is 1. The molecule has 0 aliphatic rings. The predicted octanol–water partition coefficient (Wildman–Crippen LogP) is -0.158. The second-order valence-electron chi connectivity index (χ2n) is 0.283. The SMILES string of the molecule is O=C(O)O.[Tl]. The number of hydrogen-bond donors (Lipinski definition) is 2. The molecule has 0 saturated heterocycles. The molecule has 0 bridgehead atoms. The van der Waals surface area contributed by atoms with E-state index in [2.05, 4.69) is 0 Å². The smallest absolute Gasteiger partial charge is 0.450 e. The molecule has 0 fully saturated rings. The molecular formula is CH2O3Tl. The summed E-state index contributed by atoms with van der Waals surface area (Å²) in [5.74, 6) is 0. The molecule has 0 atom stereocenters. The Kier molecular flexibility index (Phi) is 7.51. The van der Waals surface area contributed by atoms with E-state index in [9.17, 15) is 0 Å². The minimum absolute atomic E-state index is 0. The minimum atomic E-state index is -1.83. The van der Waals surface area contributed by atoms with Crippen LogP contribution < -0.4 is 0 Å². The van der Waals surface area contributed by atoms with E-state index in [1.165, 1.54) is 0 Å². The third-order valence-electron chi connectivity index (χ3n) is 0. The van der Waals surface area contributed by atoms with Crippen LogP contribution >= 0.6 is 0 Å². The Morgan fingerprint density at radius 2 is 1.40 bits per heavy atom. The van der Waals surface area contributed by atoms with Crippen molar-refractivity contribution >= 4 is 33.5 Å². The molecule has 0 heterocycles. The van der Waals surface area contributed by atoms with Gasteiger partial charge in [-0.05, 0) is 0 Å². The van der Waals surface area contributed by atoms with Crippen molar-refractivity contribution in [1.82, 2.24) is 0 Å². The number of carbonyl (C=O) groups is 1. The average Bonchev–Trinajstić information content (AvgIpc) is 0.811. The molecule has 2 N–H and O–H groups in total. The van der Waals surface area contributed by atoms with E-state index >= 15 is 0 Å². The van der Waals surface area contributed by atoms with Crippen LogP contribution in [0.3, 0.4) is 0 Å². The van der Waals surface area contributed by atoms with E-state index in [4.69, 9.17) is 15.0 Å². The zero-order valence-electron chi connectivity index (χ0n) is 2.38. The van der Waals surface area contributed by atoms with Gasteiger partial charge in [-0.25, -0.2) is 4.79 Å². The third-order valence-corrected chi connectivity index (χ3v) is 0. The van der Waals surface area contributed by atoms with Gasteiger partial charge in [0.05, 0.1) is 0 Å². The summed E-state index contributed by atoms with van der Waals surface area (Å²) in [6.07, 6.45) is -1.83. The molecule has 0 aromatic carbocycles. The summed E-state index contributed by atoms with van der Waals surface area (Å²) in [5, 5.41) is 13.9. The first-order valence-corrected chi connectivity index (χ1v) is 0.651. The maximum atomic E-state index is 8.56. The third kappa shape index (κ3) is 546. The van der Waals surface area contributed by atoms with Crippen LogP contribution in [0.5, 0.6) is 0 Å². The largest absolute Gasteiger partial charge is 0.503 e. The first-order valence-electron chi connectivity index (χ1n) is 0.651. The molecule has 0 aliphatic heterocycles. The van der Waals surface area contributed by atoms with Crippen LogP contribution in [0.1, 0.15) is 0 Å². The Bertz CT molecular complexity index is 29.9. The molecule has 0 aromatic rings. The van der Waals surface area contributed by atoms with Crippen molar-refractivity contribution in [3.8, 4) is 0 Å². The Labute approximate surface area is 48.8 Å². The van der Waals surface area contributed by atoms with Crippen molar-refractivity contribution in [2.45, 2.75) is 0 Å². The Balaban J connectivity index is 0. The molecule has 3 nitrogen and oxygen atoms in total. The quantitative estimate of drug-likeness (QED) is 0.599. The molecule has 5 heavy (non-hydrogen) atoms. The first kappa shape index (κ1) is 8.95. The summed E-state index contributed by atoms with van der Waals surface area (Å²) < 4.78 is 0. The molecule has 0 aromatic heterocycles. The summed E-state index contributed by atoms with van der Waals surface area (Å²) in [5.41, 5.74) is 0. The standard InChI is InChI=1S/CH2O3.Tl/c2-1(3)4;/h(H2,2,3,4);. The summed E-state index contributed by atoms with van der Waals surface area (Å²) in [7, 11) is 0.